The highest BCUT2D eigenvalue weighted by atomic mass is 16.5. The predicted molar refractivity (Wildman–Crippen MR) is 100 cm³/mol. The Morgan fingerprint density at radius 1 is 0.880 bits per heavy atom. The van der Waals surface area contributed by atoms with E-state index in [1.807, 2.05) is 55.5 Å². The van der Waals surface area contributed by atoms with Crippen molar-refractivity contribution in [2.45, 2.75) is 45.8 Å². The number of nitrogens with one attached hydrogen (secondary N) is 1. The monoisotopic (exact) mass is 341 g/mol. The molecule has 0 saturated carbocycles. The molecule has 0 spiro atoms. The van der Waals surface area contributed by atoms with Crippen LogP contribution in [-0.4, -0.2) is 19.1 Å². The van der Waals surface area contributed by atoms with E-state index in [9.17, 15) is 4.79 Å². The fourth-order valence-electron chi connectivity index (χ4n) is 2.74. The number of carbonyl (C=O) groups excluding carboxylic acids is 1. The fraction of sp³-hybridized carbons (Fsp3) is 0.381. The molecule has 25 heavy (non-hydrogen) atoms. The third-order valence-corrected chi connectivity index (χ3v) is 4.18. The van der Waals surface area contributed by atoms with Gasteiger partial charge in [0.05, 0.1) is 13.2 Å². The summed E-state index contributed by atoms with van der Waals surface area (Å²) in [4.78, 5) is 12.5. The van der Waals surface area contributed by atoms with Gasteiger partial charge in [-0.05, 0) is 37.5 Å². The van der Waals surface area contributed by atoms with Crippen LogP contribution in [0.3, 0.4) is 0 Å². The van der Waals surface area contributed by atoms with Crippen molar-refractivity contribution in [3.05, 3.63) is 59.7 Å². The molecule has 2 aromatic rings. The second-order valence-electron chi connectivity index (χ2n) is 6.42. The number of hydrogen-bond acceptors (Lipinski definition) is 3. The van der Waals surface area contributed by atoms with Gasteiger partial charge in [0.25, 0.3) is 5.91 Å². The average Bonchev–Trinajstić information content (AvgIpc) is 2.61. The minimum atomic E-state index is -0.586. The number of hydrogen-bond donors (Lipinski definition) is 1. The molecule has 0 bridgehead atoms. The number of carbonyl (C=O) groups is 1. The van der Waals surface area contributed by atoms with Crippen LogP contribution in [-0.2, 0) is 4.79 Å². The first-order valence-electron chi connectivity index (χ1n) is 8.63. The van der Waals surface area contributed by atoms with Crippen LogP contribution in [0.2, 0.25) is 0 Å². The maximum atomic E-state index is 12.5. The van der Waals surface area contributed by atoms with Crippen molar-refractivity contribution in [1.82, 2.24) is 5.32 Å². The summed E-state index contributed by atoms with van der Waals surface area (Å²) in [7, 11) is 1.63. The summed E-state index contributed by atoms with van der Waals surface area (Å²) in [6.07, 6.45) is -0.586. The van der Waals surface area contributed by atoms with E-state index in [0.717, 1.165) is 22.6 Å². The first-order chi connectivity index (χ1) is 11.9. The molecule has 0 heterocycles. The molecule has 0 aliphatic heterocycles. The molecular formula is C21H27NO3. The van der Waals surface area contributed by atoms with Crippen molar-refractivity contribution in [1.29, 1.82) is 0 Å². The molecule has 2 rings (SSSR count). The molecule has 0 fully saturated rings. The molecule has 0 saturated heterocycles. The smallest absolute Gasteiger partial charge is 0.261 e. The van der Waals surface area contributed by atoms with Gasteiger partial charge in [-0.15, -0.1) is 0 Å². The first-order valence-corrected chi connectivity index (χ1v) is 8.63. The minimum Gasteiger partial charge on any atom is -0.496 e. The summed E-state index contributed by atoms with van der Waals surface area (Å²) in [5.41, 5.74) is 2.04. The minimum absolute atomic E-state index is 0.156. The Labute approximate surface area is 150 Å². The Bertz CT molecular complexity index is 712. The van der Waals surface area contributed by atoms with Crippen LogP contribution in [0.15, 0.2) is 48.5 Å². The zero-order valence-corrected chi connectivity index (χ0v) is 15.6. The zero-order chi connectivity index (χ0) is 18.4. The summed E-state index contributed by atoms with van der Waals surface area (Å²) in [5, 5.41) is 3.00. The second-order valence-corrected chi connectivity index (χ2v) is 6.42. The van der Waals surface area contributed by atoms with Crippen molar-refractivity contribution in [2.24, 2.45) is 0 Å². The van der Waals surface area contributed by atoms with Gasteiger partial charge in [0.1, 0.15) is 11.5 Å². The zero-order valence-electron chi connectivity index (χ0n) is 15.6. The van der Waals surface area contributed by atoms with E-state index < -0.39 is 6.10 Å². The van der Waals surface area contributed by atoms with Crippen LogP contribution in [0, 0.1) is 0 Å². The summed E-state index contributed by atoms with van der Waals surface area (Å²) in [6.45, 7) is 7.92. The van der Waals surface area contributed by atoms with Gasteiger partial charge in [0, 0.05) is 5.56 Å². The van der Waals surface area contributed by atoms with Gasteiger partial charge >= 0.3 is 0 Å². The quantitative estimate of drug-likeness (QED) is 0.808. The first kappa shape index (κ1) is 18.8. The average molecular weight is 341 g/mol. The summed E-state index contributed by atoms with van der Waals surface area (Å²) in [6, 6.07) is 15.3. The van der Waals surface area contributed by atoms with Gasteiger partial charge in [0.15, 0.2) is 6.10 Å². The number of para-hydroxylation sites is 2. The summed E-state index contributed by atoms with van der Waals surface area (Å²) < 4.78 is 11.3. The summed E-state index contributed by atoms with van der Waals surface area (Å²) >= 11 is 0. The highest BCUT2D eigenvalue weighted by Gasteiger charge is 2.20. The van der Waals surface area contributed by atoms with Crippen molar-refractivity contribution in [3.63, 3.8) is 0 Å². The molecule has 0 unspecified atom stereocenters. The van der Waals surface area contributed by atoms with E-state index >= 15 is 0 Å². The molecule has 0 aliphatic rings. The number of amides is 1. The number of benzene rings is 2. The van der Waals surface area contributed by atoms with Crippen LogP contribution in [0.4, 0.5) is 0 Å². The van der Waals surface area contributed by atoms with Crippen LogP contribution in [0.25, 0.3) is 0 Å². The fourth-order valence-corrected chi connectivity index (χ4v) is 2.74. The van der Waals surface area contributed by atoms with Gasteiger partial charge in [-0.25, -0.2) is 0 Å². The lowest BCUT2D eigenvalue weighted by atomic mass is 10.0. The van der Waals surface area contributed by atoms with Gasteiger partial charge in [-0.3, -0.25) is 4.79 Å². The Hall–Kier alpha value is -2.49. The Kier molecular flexibility index (Phi) is 6.45. The third kappa shape index (κ3) is 4.75. The molecule has 0 aliphatic carbocycles. The number of ether oxygens (including phenoxy) is 2. The molecule has 1 N–H and O–H groups in total. The van der Waals surface area contributed by atoms with Crippen LogP contribution in [0.1, 0.15) is 50.8 Å². The topological polar surface area (TPSA) is 47.6 Å². The van der Waals surface area contributed by atoms with Crippen molar-refractivity contribution in [2.75, 3.05) is 7.11 Å². The second kappa shape index (κ2) is 8.56. The largest absolute Gasteiger partial charge is 0.496 e. The van der Waals surface area contributed by atoms with Gasteiger partial charge in [-0.2, -0.15) is 0 Å². The van der Waals surface area contributed by atoms with Crippen molar-refractivity contribution in [3.8, 4) is 11.5 Å². The molecule has 1 amide bonds. The van der Waals surface area contributed by atoms with Gasteiger partial charge < -0.3 is 14.8 Å². The standard InChI is InChI=1S/C21H27NO3/c1-14(2)17-10-6-9-13-20(17)25-16(4)21(23)22-15(3)18-11-7-8-12-19(18)24-5/h6-16H,1-5H3,(H,22,23)/t15-,16-/m0/s1. The Morgan fingerprint density at radius 2 is 1.44 bits per heavy atom. The lowest BCUT2D eigenvalue weighted by molar-refractivity contribution is -0.127. The SMILES string of the molecule is COc1ccccc1[C@H](C)NC(=O)[C@H](C)Oc1ccccc1C(C)C. The normalized spacial score (nSPS) is 13.2. The lowest BCUT2D eigenvalue weighted by Gasteiger charge is -2.22. The molecule has 0 aromatic heterocycles. The maximum absolute atomic E-state index is 12.5. The van der Waals surface area contributed by atoms with Crippen molar-refractivity contribution < 1.29 is 14.3 Å². The van der Waals surface area contributed by atoms with E-state index in [1.54, 1.807) is 14.0 Å². The molecule has 2 atom stereocenters. The van der Waals surface area contributed by atoms with E-state index in [0.29, 0.717) is 5.92 Å². The van der Waals surface area contributed by atoms with Gasteiger partial charge in [-0.1, -0.05) is 50.2 Å². The Balaban J connectivity index is 2.06. The number of rotatable bonds is 7. The molecule has 4 heteroatoms. The van der Waals surface area contributed by atoms with Crippen LogP contribution < -0.4 is 14.8 Å². The highest BCUT2D eigenvalue weighted by Crippen LogP contribution is 2.27. The van der Waals surface area contributed by atoms with E-state index in [-0.39, 0.29) is 11.9 Å². The lowest BCUT2D eigenvalue weighted by Crippen LogP contribution is -2.38. The predicted octanol–water partition coefficient (Wildman–Crippen LogP) is 4.46. The van der Waals surface area contributed by atoms with E-state index in [4.69, 9.17) is 9.47 Å². The van der Waals surface area contributed by atoms with E-state index in [1.165, 1.54) is 0 Å². The molecular weight excluding hydrogens is 314 g/mol. The molecule has 2 aromatic carbocycles. The van der Waals surface area contributed by atoms with E-state index in [2.05, 4.69) is 19.2 Å². The third-order valence-electron chi connectivity index (χ3n) is 4.18. The van der Waals surface area contributed by atoms with Crippen LogP contribution in [0.5, 0.6) is 11.5 Å². The highest BCUT2D eigenvalue weighted by molar-refractivity contribution is 5.81. The summed E-state index contributed by atoms with van der Waals surface area (Å²) in [5.74, 6) is 1.69. The molecule has 4 nitrogen and oxygen atoms in total. The molecule has 0 radical (unpaired) electrons. The van der Waals surface area contributed by atoms with Crippen molar-refractivity contribution >= 4 is 5.91 Å². The van der Waals surface area contributed by atoms with Gasteiger partial charge in [0.2, 0.25) is 0 Å². The maximum Gasteiger partial charge on any atom is 0.261 e. The number of methoxy groups -OCH3 is 1. The van der Waals surface area contributed by atoms with Crippen LogP contribution >= 0.6 is 0 Å². The molecule has 134 valence electrons. The Morgan fingerprint density at radius 3 is 2.04 bits per heavy atom.